The maximum absolute atomic E-state index is 13.6. The third-order valence-corrected chi connectivity index (χ3v) is 8.24. The summed E-state index contributed by atoms with van der Waals surface area (Å²) in [7, 11) is 3.84. The first-order valence-corrected chi connectivity index (χ1v) is 14.2. The van der Waals surface area contributed by atoms with Crippen LogP contribution in [0.4, 0.5) is 10.5 Å². The second kappa shape index (κ2) is 12.5. The van der Waals surface area contributed by atoms with Crippen molar-refractivity contribution in [2.45, 2.75) is 17.0 Å². The Morgan fingerprint density at radius 2 is 1.75 bits per heavy atom. The number of amides is 3. The van der Waals surface area contributed by atoms with Gasteiger partial charge in [-0.15, -0.1) is 11.3 Å². The molecule has 2 aromatic carbocycles. The number of alkyl halides is 1. The molecule has 4 rings (SSSR count). The first-order valence-electron chi connectivity index (χ1n) is 11.8. The van der Waals surface area contributed by atoms with Crippen LogP contribution in [0.15, 0.2) is 65.0 Å². The van der Waals surface area contributed by atoms with Gasteiger partial charge in [0.05, 0.1) is 0 Å². The van der Waals surface area contributed by atoms with Crippen LogP contribution in [0.2, 0.25) is 0 Å². The highest BCUT2D eigenvalue weighted by atomic mass is 127. The summed E-state index contributed by atoms with van der Waals surface area (Å²) in [5, 5.41) is 7.91. The van der Waals surface area contributed by atoms with Gasteiger partial charge in [-0.2, -0.15) is 0 Å². The first-order chi connectivity index (χ1) is 17.5. The molecule has 2 heterocycles. The molecule has 0 aliphatic carbocycles. The zero-order chi connectivity index (χ0) is 25.5. The molecule has 3 aromatic rings. The summed E-state index contributed by atoms with van der Waals surface area (Å²) < 4.78 is 3.02. The number of benzene rings is 2. The summed E-state index contributed by atoms with van der Waals surface area (Å²) in [4.78, 5) is 35.9. The maximum Gasteiger partial charge on any atom is 0.320 e. The van der Waals surface area contributed by atoms with E-state index in [4.69, 9.17) is 0 Å². The second-order valence-corrected chi connectivity index (χ2v) is 10.3. The summed E-state index contributed by atoms with van der Waals surface area (Å²) >= 11 is 3.94. The molecule has 36 heavy (non-hydrogen) atoms. The van der Waals surface area contributed by atoms with Crippen LogP contribution in [-0.4, -0.2) is 59.5 Å². The monoisotopic (exact) mass is 618 g/mol. The highest BCUT2D eigenvalue weighted by molar-refractivity contribution is 14.1. The van der Waals surface area contributed by atoms with Crippen molar-refractivity contribution in [3.8, 4) is 0 Å². The second-order valence-electron chi connectivity index (χ2n) is 8.67. The number of anilines is 1. The number of rotatable bonds is 7. The number of aromatic nitrogens is 1. The SMILES string of the molecule is CN=c1scc(CN2CCN(C(=O)[C@H](NC(=O)Nc3ccc(CI)cc3)c3ccccc3)CC2)n1C. The van der Waals surface area contributed by atoms with E-state index in [1.165, 1.54) is 11.3 Å². The van der Waals surface area contributed by atoms with E-state index in [1.807, 2.05) is 66.5 Å². The number of halogens is 1. The van der Waals surface area contributed by atoms with Crippen LogP contribution in [-0.2, 0) is 22.8 Å². The standard InChI is InChI=1S/C26H31IN6O2S/c1-28-26-31(2)22(18-36-26)17-32-12-14-33(15-13-32)24(34)23(20-6-4-3-5-7-20)30-25(35)29-21-10-8-19(16-27)9-11-21/h3-11,18,23H,12-17H2,1-2H3,(H2,29,30,35)/t23-/m1/s1. The third kappa shape index (κ3) is 6.54. The predicted octanol–water partition coefficient (Wildman–Crippen LogP) is 3.76. The zero-order valence-corrected chi connectivity index (χ0v) is 23.5. The average Bonchev–Trinajstić information content (AvgIpc) is 3.27. The van der Waals surface area contributed by atoms with Gasteiger partial charge in [-0.05, 0) is 23.3 Å². The van der Waals surface area contributed by atoms with Crippen molar-refractivity contribution in [2.75, 3.05) is 38.5 Å². The molecule has 1 atom stereocenters. The number of nitrogens with one attached hydrogen (secondary N) is 2. The van der Waals surface area contributed by atoms with Crippen LogP contribution in [0.5, 0.6) is 0 Å². The average molecular weight is 619 g/mol. The van der Waals surface area contributed by atoms with E-state index in [1.54, 1.807) is 18.4 Å². The molecular weight excluding hydrogens is 587 g/mol. The molecule has 0 bridgehead atoms. The van der Waals surface area contributed by atoms with Crippen LogP contribution >= 0.6 is 33.9 Å². The molecule has 1 aliphatic rings. The van der Waals surface area contributed by atoms with Crippen LogP contribution in [0, 0.1) is 0 Å². The smallest absolute Gasteiger partial charge is 0.320 e. The number of urea groups is 1. The molecule has 1 aromatic heterocycles. The number of hydrogen-bond acceptors (Lipinski definition) is 5. The number of thiazole rings is 1. The Bertz CT molecular complexity index is 1230. The minimum absolute atomic E-state index is 0.0931. The van der Waals surface area contributed by atoms with Gasteiger partial charge in [-0.3, -0.25) is 14.7 Å². The van der Waals surface area contributed by atoms with Gasteiger partial charge in [0.15, 0.2) is 4.80 Å². The highest BCUT2D eigenvalue weighted by Gasteiger charge is 2.30. The zero-order valence-electron chi connectivity index (χ0n) is 20.5. The normalized spacial score (nSPS) is 15.5. The first kappa shape index (κ1) is 26.4. The fraction of sp³-hybridized carbons (Fsp3) is 0.346. The lowest BCUT2D eigenvalue weighted by Gasteiger charge is -2.36. The Morgan fingerprint density at radius 1 is 1.06 bits per heavy atom. The van der Waals surface area contributed by atoms with E-state index in [2.05, 4.69) is 53.1 Å². The molecule has 10 heteroatoms. The van der Waals surface area contributed by atoms with Crippen molar-refractivity contribution in [1.29, 1.82) is 0 Å². The third-order valence-electron chi connectivity index (χ3n) is 6.30. The van der Waals surface area contributed by atoms with Gasteiger partial charge in [0.25, 0.3) is 0 Å². The fourth-order valence-electron chi connectivity index (χ4n) is 4.19. The lowest BCUT2D eigenvalue weighted by Crippen LogP contribution is -2.52. The van der Waals surface area contributed by atoms with E-state index < -0.39 is 12.1 Å². The molecule has 0 radical (unpaired) electrons. The number of nitrogens with zero attached hydrogens (tertiary/aromatic N) is 4. The minimum atomic E-state index is -0.755. The molecule has 0 unspecified atom stereocenters. The van der Waals surface area contributed by atoms with Gasteiger partial charge < -0.3 is 20.1 Å². The Kier molecular flexibility index (Phi) is 9.16. The number of carbonyl (C=O) groups excluding carboxylic acids is 2. The van der Waals surface area contributed by atoms with E-state index in [-0.39, 0.29) is 5.91 Å². The lowest BCUT2D eigenvalue weighted by molar-refractivity contribution is -0.135. The van der Waals surface area contributed by atoms with Gasteiger partial charge in [-0.25, -0.2) is 4.79 Å². The van der Waals surface area contributed by atoms with E-state index >= 15 is 0 Å². The molecule has 2 N–H and O–H groups in total. The molecular formula is C26H31IN6O2S. The molecule has 8 nitrogen and oxygen atoms in total. The summed E-state index contributed by atoms with van der Waals surface area (Å²) in [6.45, 7) is 3.60. The lowest BCUT2D eigenvalue weighted by atomic mass is 10.1. The molecule has 0 spiro atoms. The summed E-state index contributed by atoms with van der Waals surface area (Å²) in [6, 6.07) is 16.0. The van der Waals surface area contributed by atoms with Crippen molar-refractivity contribution in [1.82, 2.24) is 19.7 Å². The van der Waals surface area contributed by atoms with Gasteiger partial charge in [0.2, 0.25) is 5.91 Å². The summed E-state index contributed by atoms with van der Waals surface area (Å²) in [6.07, 6.45) is 0. The van der Waals surface area contributed by atoms with Crippen molar-refractivity contribution in [3.05, 3.63) is 81.6 Å². The van der Waals surface area contributed by atoms with Crippen molar-refractivity contribution in [2.24, 2.45) is 12.0 Å². The van der Waals surface area contributed by atoms with Crippen molar-refractivity contribution < 1.29 is 9.59 Å². The highest BCUT2D eigenvalue weighted by Crippen LogP contribution is 2.19. The molecule has 190 valence electrons. The van der Waals surface area contributed by atoms with Gasteiger partial charge in [-0.1, -0.05) is 65.1 Å². The number of carbonyl (C=O) groups is 2. The van der Waals surface area contributed by atoms with Gasteiger partial charge >= 0.3 is 6.03 Å². The van der Waals surface area contributed by atoms with Crippen molar-refractivity contribution >= 4 is 51.6 Å². The molecule has 3 amide bonds. The van der Waals surface area contributed by atoms with Gasteiger partial charge in [0, 0.05) is 68.0 Å². The summed E-state index contributed by atoms with van der Waals surface area (Å²) in [5.41, 5.74) is 3.86. The van der Waals surface area contributed by atoms with Gasteiger partial charge in [0.1, 0.15) is 6.04 Å². The Balaban J connectivity index is 1.40. The molecule has 0 saturated carbocycles. The van der Waals surface area contributed by atoms with E-state index in [0.717, 1.165) is 34.4 Å². The minimum Gasteiger partial charge on any atom is -0.338 e. The largest absolute Gasteiger partial charge is 0.338 e. The Morgan fingerprint density at radius 3 is 2.36 bits per heavy atom. The molecule has 1 aliphatic heterocycles. The van der Waals surface area contributed by atoms with Crippen LogP contribution in [0.1, 0.15) is 22.9 Å². The number of hydrogen-bond donors (Lipinski definition) is 2. The van der Waals surface area contributed by atoms with Crippen LogP contribution < -0.4 is 15.4 Å². The molecule has 1 saturated heterocycles. The quantitative estimate of drug-likeness (QED) is 0.313. The number of piperazine rings is 1. The Labute approximate surface area is 229 Å². The van der Waals surface area contributed by atoms with E-state index in [9.17, 15) is 9.59 Å². The van der Waals surface area contributed by atoms with Crippen LogP contribution in [0.3, 0.4) is 0 Å². The Hall–Kier alpha value is -2.70. The summed E-state index contributed by atoms with van der Waals surface area (Å²) in [5.74, 6) is -0.0931. The topological polar surface area (TPSA) is 82.0 Å². The van der Waals surface area contributed by atoms with Crippen molar-refractivity contribution in [3.63, 3.8) is 0 Å². The van der Waals surface area contributed by atoms with E-state index in [0.29, 0.717) is 18.8 Å². The predicted molar refractivity (Wildman–Crippen MR) is 152 cm³/mol. The maximum atomic E-state index is 13.6. The van der Waals surface area contributed by atoms with Crippen LogP contribution in [0.25, 0.3) is 0 Å². The molecule has 1 fully saturated rings. The fourth-order valence-corrected chi connectivity index (χ4v) is 5.56.